The zero-order valence-corrected chi connectivity index (χ0v) is 17.6. The number of thiazole rings is 1. The van der Waals surface area contributed by atoms with Gasteiger partial charge in [0, 0.05) is 17.8 Å². The van der Waals surface area contributed by atoms with Crippen molar-refractivity contribution in [2.75, 3.05) is 0 Å². The summed E-state index contributed by atoms with van der Waals surface area (Å²) in [6, 6.07) is 18.2. The van der Waals surface area contributed by atoms with E-state index in [1.54, 1.807) is 10.9 Å². The lowest BCUT2D eigenvalue weighted by Crippen LogP contribution is -2.17. The predicted octanol–water partition coefficient (Wildman–Crippen LogP) is 5.58. The lowest BCUT2D eigenvalue weighted by atomic mass is 10.1. The molecule has 0 amide bonds. The van der Waals surface area contributed by atoms with Crippen LogP contribution in [-0.4, -0.2) is 27.0 Å². The van der Waals surface area contributed by atoms with E-state index >= 15 is 0 Å². The Morgan fingerprint density at radius 2 is 1.73 bits per heavy atom. The molecular formula is C24H24N4OS. The van der Waals surface area contributed by atoms with E-state index in [4.69, 9.17) is 4.99 Å². The number of aromatic nitrogens is 3. The maximum Gasteiger partial charge on any atom is 0.282 e. The third kappa shape index (κ3) is 3.75. The molecule has 0 spiro atoms. The van der Waals surface area contributed by atoms with Gasteiger partial charge < -0.3 is 0 Å². The van der Waals surface area contributed by atoms with Crippen LogP contribution in [0.25, 0.3) is 26.6 Å². The van der Waals surface area contributed by atoms with Crippen molar-refractivity contribution in [1.82, 2.24) is 14.8 Å². The van der Waals surface area contributed by atoms with Crippen LogP contribution in [-0.2, 0) is 0 Å². The van der Waals surface area contributed by atoms with Crippen molar-refractivity contribution in [2.24, 2.45) is 4.99 Å². The number of aliphatic imine (C=N–C) groups is 1. The van der Waals surface area contributed by atoms with Crippen LogP contribution in [0.1, 0.15) is 44.1 Å². The van der Waals surface area contributed by atoms with Crippen LogP contribution in [0.15, 0.2) is 64.4 Å². The maximum absolute atomic E-state index is 13.4. The number of fused-ring (bicyclic) bond motifs is 1. The number of rotatable bonds is 4. The summed E-state index contributed by atoms with van der Waals surface area (Å²) in [5, 5.41) is 3.95. The Morgan fingerprint density at radius 1 is 1.00 bits per heavy atom. The van der Waals surface area contributed by atoms with Gasteiger partial charge in [-0.15, -0.1) is 0 Å². The molecule has 5 nitrogen and oxygen atoms in total. The Morgan fingerprint density at radius 3 is 2.50 bits per heavy atom. The molecule has 30 heavy (non-hydrogen) atoms. The number of nitrogens with zero attached hydrogens (tertiary/aromatic N) is 3. The predicted molar refractivity (Wildman–Crippen MR) is 124 cm³/mol. The van der Waals surface area contributed by atoms with Crippen molar-refractivity contribution in [3.05, 3.63) is 70.5 Å². The minimum absolute atomic E-state index is 0.106. The third-order valence-corrected chi connectivity index (χ3v) is 6.72. The Kier molecular flexibility index (Phi) is 5.32. The number of aromatic amines is 1. The molecule has 2 aromatic carbocycles. The SMILES string of the molecule is O=c1c(C=NC2CCCCCC2)c(-c2ccccc2)[nH]n1-c1nc2ccccc2s1. The molecule has 0 saturated heterocycles. The van der Waals surface area contributed by atoms with Crippen LogP contribution >= 0.6 is 11.3 Å². The lowest BCUT2D eigenvalue weighted by molar-refractivity contribution is 0.588. The van der Waals surface area contributed by atoms with Gasteiger partial charge >= 0.3 is 0 Å². The Hall–Kier alpha value is -2.99. The van der Waals surface area contributed by atoms with Crippen molar-refractivity contribution in [3.8, 4) is 16.4 Å². The smallest absolute Gasteiger partial charge is 0.282 e. The maximum atomic E-state index is 13.4. The minimum Gasteiger partial charge on any atom is -0.289 e. The van der Waals surface area contributed by atoms with Gasteiger partial charge in [0.1, 0.15) is 0 Å². The Bertz CT molecular complexity index is 1190. The fraction of sp³-hybridized carbons (Fsp3) is 0.292. The zero-order valence-electron chi connectivity index (χ0n) is 16.8. The van der Waals surface area contributed by atoms with Gasteiger partial charge in [0.05, 0.1) is 21.5 Å². The topological polar surface area (TPSA) is 63.0 Å². The molecule has 152 valence electrons. The second-order valence-corrected chi connectivity index (χ2v) is 8.80. The summed E-state index contributed by atoms with van der Waals surface area (Å²) >= 11 is 1.51. The van der Waals surface area contributed by atoms with E-state index < -0.39 is 0 Å². The van der Waals surface area contributed by atoms with Crippen molar-refractivity contribution in [1.29, 1.82) is 0 Å². The quantitative estimate of drug-likeness (QED) is 0.348. The van der Waals surface area contributed by atoms with Gasteiger partial charge in [0.15, 0.2) is 0 Å². The van der Waals surface area contributed by atoms with Crippen LogP contribution < -0.4 is 5.56 Å². The summed E-state index contributed by atoms with van der Waals surface area (Å²) in [6.45, 7) is 0. The molecule has 0 unspecified atom stereocenters. The minimum atomic E-state index is -0.106. The number of H-pyrrole nitrogens is 1. The highest BCUT2D eigenvalue weighted by atomic mass is 32.1. The first-order chi connectivity index (χ1) is 14.8. The first-order valence-corrected chi connectivity index (χ1v) is 11.4. The standard InChI is InChI=1S/C24H24N4OS/c29-23-19(16-25-18-12-6-1-2-7-13-18)22(17-10-4-3-5-11-17)27-28(23)24-26-20-14-8-9-15-21(20)30-24/h3-5,8-11,14-16,18,27H,1-2,6-7,12-13H2. The fourth-order valence-corrected chi connectivity index (χ4v) is 5.00. The first kappa shape index (κ1) is 19.0. The Labute approximate surface area is 179 Å². The van der Waals surface area contributed by atoms with Crippen molar-refractivity contribution < 1.29 is 0 Å². The number of benzene rings is 2. The van der Waals surface area contributed by atoms with E-state index in [2.05, 4.69) is 10.1 Å². The second-order valence-electron chi connectivity index (χ2n) is 7.79. The molecule has 0 radical (unpaired) electrons. The molecule has 0 bridgehead atoms. The van der Waals surface area contributed by atoms with Crippen LogP contribution in [0.2, 0.25) is 0 Å². The molecule has 4 aromatic rings. The number of nitrogens with one attached hydrogen (secondary N) is 1. The zero-order chi connectivity index (χ0) is 20.3. The van der Waals surface area contributed by atoms with Gasteiger partial charge in [-0.05, 0) is 25.0 Å². The summed E-state index contributed by atoms with van der Waals surface area (Å²) in [5.41, 5.74) is 3.15. The van der Waals surface area contributed by atoms with Gasteiger partial charge in [0.2, 0.25) is 5.13 Å². The van der Waals surface area contributed by atoms with Gasteiger partial charge in [0.25, 0.3) is 5.56 Å². The molecular weight excluding hydrogens is 392 g/mol. The van der Waals surface area contributed by atoms with E-state index in [0.717, 1.165) is 34.3 Å². The molecule has 1 aliphatic carbocycles. The molecule has 0 atom stereocenters. The normalized spacial score (nSPS) is 15.7. The summed E-state index contributed by atoms with van der Waals surface area (Å²) < 4.78 is 2.62. The van der Waals surface area contributed by atoms with Crippen molar-refractivity contribution >= 4 is 27.8 Å². The van der Waals surface area contributed by atoms with Crippen molar-refractivity contribution in [2.45, 2.75) is 44.6 Å². The van der Waals surface area contributed by atoms with E-state index in [0.29, 0.717) is 16.7 Å². The van der Waals surface area contributed by atoms with E-state index in [9.17, 15) is 4.79 Å². The summed E-state index contributed by atoms with van der Waals surface area (Å²) in [5.74, 6) is 0. The lowest BCUT2D eigenvalue weighted by Gasteiger charge is -2.07. The average Bonchev–Trinajstić information content (AvgIpc) is 3.24. The average molecular weight is 417 g/mol. The number of hydrogen-bond donors (Lipinski definition) is 1. The van der Waals surface area contributed by atoms with Crippen LogP contribution in [0.5, 0.6) is 0 Å². The fourth-order valence-electron chi connectivity index (χ4n) is 4.07. The van der Waals surface area contributed by atoms with E-state index in [1.165, 1.54) is 37.0 Å². The molecule has 0 aliphatic heterocycles. The van der Waals surface area contributed by atoms with Gasteiger partial charge in [-0.2, -0.15) is 4.68 Å². The van der Waals surface area contributed by atoms with Crippen LogP contribution in [0.4, 0.5) is 0 Å². The largest absolute Gasteiger partial charge is 0.289 e. The molecule has 5 rings (SSSR count). The summed E-state index contributed by atoms with van der Waals surface area (Å²) in [4.78, 5) is 22.9. The first-order valence-electron chi connectivity index (χ1n) is 10.6. The summed E-state index contributed by atoms with van der Waals surface area (Å²) in [6.07, 6.45) is 9.02. The van der Waals surface area contributed by atoms with Gasteiger partial charge in [-0.3, -0.25) is 14.9 Å². The Balaban J connectivity index is 1.60. The number of hydrogen-bond acceptors (Lipinski definition) is 4. The third-order valence-electron chi connectivity index (χ3n) is 5.70. The molecule has 2 aromatic heterocycles. The number of para-hydroxylation sites is 1. The van der Waals surface area contributed by atoms with Gasteiger partial charge in [-0.1, -0.05) is 79.5 Å². The van der Waals surface area contributed by atoms with Crippen LogP contribution in [0, 0.1) is 0 Å². The highest BCUT2D eigenvalue weighted by Crippen LogP contribution is 2.26. The highest BCUT2D eigenvalue weighted by Gasteiger charge is 2.18. The molecule has 1 saturated carbocycles. The van der Waals surface area contributed by atoms with Gasteiger partial charge in [-0.25, -0.2) is 4.98 Å². The molecule has 1 fully saturated rings. The summed E-state index contributed by atoms with van der Waals surface area (Å²) in [7, 11) is 0. The van der Waals surface area contributed by atoms with Crippen LogP contribution in [0.3, 0.4) is 0 Å². The highest BCUT2D eigenvalue weighted by molar-refractivity contribution is 7.20. The van der Waals surface area contributed by atoms with E-state index in [-0.39, 0.29) is 5.56 Å². The monoisotopic (exact) mass is 416 g/mol. The molecule has 6 heteroatoms. The molecule has 1 aliphatic rings. The second kappa shape index (κ2) is 8.40. The molecule has 2 heterocycles. The van der Waals surface area contributed by atoms with Crippen molar-refractivity contribution in [3.63, 3.8) is 0 Å². The van der Waals surface area contributed by atoms with E-state index in [1.807, 2.05) is 54.6 Å². The molecule has 1 N–H and O–H groups in total.